The first-order valence-corrected chi connectivity index (χ1v) is 3.13. The molecule has 0 fully saturated rings. The van der Waals surface area contributed by atoms with Gasteiger partial charge in [-0.15, -0.1) is 0 Å². The predicted octanol–water partition coefficient (Wildman–Crippen LogP) is -1.42. The summed E-state index contributed by atoms with van der Waals surface area (Å²) in [4.78, 5) is 12.4. The smallest absolute Gasteiger partial charge is 0.131 e. The van der Waals surface area contributed by atoms with Gasteiger partial charge in [0.2, 0.25) is 0 Å². The normalized spacial score (nSPS) is 17.2. The molecular weight excluding hydrogens is 166 g/mol. The van der Waals surface area contributed by atoms with Crippen molar-refractivity contribution >= 4 is 6.29 Å². The van der Waals surface area contributed by atoms with Gasteiger partial charge in [-0.25, -0.2) is 0 Å². The molecule has 3 unspecified atom stereocenters. The molecule has 0 bridgehead atoms. The third kappa shape index (κ3) is 2.85. The fourth-order valence-corrected chi connectivity index (χ4v) is 0.571. The van der Waals surface area contributed by atoms with Crippen LogP contribution in [0.2, 0.25) is 0 Å². The van der Waals surface area contributed by atoms with E-state index in [1.165, 1.54) is 0 Å². The predicted molar refractivity (Wildman–Crippen MR) is 38.1 cm³/mol. The molecule has 7 nitrogen and oxygen atoms in total. The standard InChI is InChI=1S/C5H9N3O4/c6-8-7-3(1-9)5(12)4(11)2-10/h1,3-5,10-12H,2H2. The quantitative estimate of drug-likeness (QED) is 0.205. The Morgan fingerprint density at radius 1 is 1.58 bits per heavy atom. The molecular formula is C5H9N3O4. The molecule has 3 atom stereocenters. The zero-order valence-electron chi connectivity index (χ0n) is 6.11. The van der Waals surface area contributed by atoms with Gasteiger partial charge in [-0.3, -0.25) is 0 Å². The Labute approximate surface area is 67.9 Å². The van der Waals surface area contributed by atoms with Gasteiger partial charge in [0, 0.05) is 4.91 Å². The maximum Gasteiger partial charge on any atom is 0.131 e. The molecule has 0 aromatic carbocycles. The number of nitrogens with zero attached hydrogens (tertiary/aromatic N) is 3. The fraction of sp³-hybridized carbons (Fsp3) is 0.800. The van der Waals surface area contributed by atoms with E-state index < -0.39 is 24.9 Å². The zero-order chi connectivity index (χ0) is 9.56. The summed E-state index contributed by atoms with van der Waals surface area (Å²) in [6.45, 7) is -0.702. The van der Waals surface area contributed by atoms with Crippen LogP contribution in [0.4, 0.5) is 0 Å². The lowest BCUT2D eigenvalue weighted by molar-refractivity contribution is -0.113. The molecule has 0 radical (unpaired) electrons. The van der Waals surface area contributed by atoms with Gasteiger partial charge in [0.25, 0.3) is 0 Å². The van der Waals surface area contributed by atoms with Crippen LogP contribution in [0.3, 0.4) is 0 Å². The van der Waals surface area contributed by atoms with E-state index in [-0.39, 0.29) is 6.29 Å². The van der Waals surface area contributed by atoms with Crippen molar-refractivity contribution < 1.29 is 20.1 Å². The lowest BCUT2D eigenvalue weighted by atomic mass is 10.1. The number of carbonyl (C=O) groups is 1. The van der Waals surface area contributed by atoms with E-state index in [0.717, 1.165) is 0 Å². The largest absolute Gasteiger partial charge is 0.394 e. The highest BCUT2D eigenvalue weighted by molar-refractivity contribution is 5.59. The fourth-order valence-electron chi connectivity index (χ4n) is 0.571. The molecule has 0 saturated carbocycles. The van der Waals surface area contributed by atoms with Crippen LogP contribution in [0.15, 0.2) is 5.11 Å². The molecule has 68 valence electrons. The first-order valence-electron chi connectivity index (χ1n) is 3.13. The molecule has 0 spiro atoms. The van der Waals surface area contributed by atoms with Crippen molar-refractivity contribution in [1.29, 1.82) is 0 Å². The molecule has 0 rings (SSSR count). The summed E-state index contributed by atoms with van der Waals surface area (Å²) >= 11 is 0. The van der Waals surface area contributed by atoms with Gasteiger partial charge in [0.05, 0.1) is 12.7 Å². The average Bonchev–Trinajstić information content (AvgIpc) is 2.11. The molecule has 3 N–H and O–H groups in total. The van der Waals surface area contributed by atoms with Crippen molar-refractivity contribution in [3.8, 4) is 0 Å². The highest BCUT2D eigenvalue weighted by atomic mass is 16.4. The number of aliphatic hydroxyl groups excluding tert-OH is 3. The minimum absolute atomic E-state index is 0.198. The highest BCUT2D eigenvalue weighted by Gasteiger charge is 2.24. The van der Waals surface area contributed by atoms with Gasteiger partial charge in [-0.2, -0.15) is 0 Å². The molecule has 0 aliphatic heterocycles. The number of azide groups is 1. The van der Waals surface area contributed by atoms with Crippen LogP contribution < -0.4 is 0 Å². The van der Waals surface area contributed by atoms with Crippen molar-refractivity contribution in [2.75, 3.05) is 6.61 Å². The minimum Gasteiger partial charge on any atom is -0.394 e. The van der Waals surface area contributed by atoms with Crippen LogP contribution in [-0.2, 0) is 4.79 Å². The second-order valence-electron chi connectivity index (χ2n) is 2.07. The third-order valence-corrected chi connectivity index (χ3v) is 1.26. The van der Waals surface area contributed by atoms with Gasteiger partial charge in [-0.05, 0) is 5.53 Å². The van der Waals surface area contributed by atoms with E-state index >= 15 is 0 Å². The Kier molecular flexibility index (Phi) is 4.98. The number of aliphatic hydroxyl groups is 3. The maximum absolute atomic E-state index is 10.1. The number of aldehydes is 1. The van der Waals surface area contributed by atoms with E-state index in [9.17, 15) is 4.79 Å². The van der Waals surface area contributed by atoms with E-state index in [1.54, 1.807) is 0 Å². The molecule has 0 saturated heterocycles. The SMILES string of the molecule is [N-]=[N+]=NC(C=O)C(O)C(O)CO. The van der Waals surface area contributed by atoms with Gasteiger partial charge < -0.3 is 20.1 Å². The van der Waals surface area contributed by atoms with Crippen molar-refractivity contribution in [3.63, 3.8) is 0 Å². The van der Waals surface area contributed by atoms with E-state index in [4.69, 9.17) is 20.9 Å². The molecule has 0 aliphatic rings. The van der Waals surface area contributed by atoms with E-state index in [2.05, 4.69) is 10.0 Å². The van der Waals surface area contributed by atoms with Crippen molar-refractivity contribution in [2.45, 2.75) is 18.2 Å². The van der Waals surface area contributed by atoms with Crippen molar-refractivity contribution in [2.24, 2.45) is 5.11 Å². The highest BCUT2D eigenvalue weighted by Crippen LogP contribution is 2.01. The summed E-state index contributed by atoms with van der Waals surface area (Å²) in [5, 5.41) is 29.1. The summed E-state index contributed by atoms with van der Waals surface area (Å²) in [5.41, 5.74) is 7.92. The summed E-state index contributed by atoms with van der Waals surface area (Å²) < 4.78 is 0. The Balaban J connectivity index is 4.29. The molecule has 0 heterocycles. The first-order chi connectivity index (χ1) is 5.67. The van der Waals surface area contributed by atoms with Crippen LogP contribution in [0.1, 0.15) is 0 Å². The summed E-state index contributed by atoms with van der Waals surface area (Å²) in [6, 6.07) is -1.36. The van der Waals surface area contributed by atoms with Crippen LogP contribution >= 0.6 is 0 Å². The monoisotopic (exact) mass is 175 g/mol. The topological polar surface area (TPSA) is 127 Å². The molecule has 12 heavy (non-hydrogen) atoms. The first kappa shape index (κ1) is 10.9. The Bertz CT molecular complexity index is 191. The maximum atomic E-state index is 10.1. The Hall–Kier alpha value is -1.14. The van der Waals surface area contributed by atoms with Crippen LogP contribution in [0, 0.1) is 0 Å². The van der Waals surface area contributed by atoms with E-state index in [0.29, 0.717) is 0 Å². The lowest BCUT2D eigenvalue weighted by Gasteiger charge is -2.17. The molecule has 0 aromatic heterocycles. The number of rotatable bonds is 5. The zero-order valence-corrected chi connectivity index (χ0v) is 6.11. The van der Waals surface area contributed by atoms with E-state index in [1.807, 2.05) is 0 Å². The van der Waals surface area contributed by atoms with Gasteiger partial charge in [-0.1, -0.05) is 5.11 Å². The van der Waals surface area contributed by atoms with Crippen LogP contribution in [0.25, 0.3) is 10.4 Å². The molecule has 7 heteroatoms. The van der Waals surface area contributed by atoms with Crippen LogP contribution in [0.5, 0.6) is 0 Å². The summed E-state index contributed by atoms with van der Waals surface area (Å²) in [6.07, 6.45) is -2.85. The van der Waals surface area contributed by atoms with Crippen molar-refractivity contribution in [3.05, 3.63) is 10.4 Å². The molecule has 0 aromatic rings. The number of hydrogen-bond acceptors (Lipinski definition) is 5. The number of carbonyl (C=O) groups excluding carboxylic acids is 1. The average molecular weight is 175 g/mol. The minimum atomic E-state index is -1.57. The molecule has 0 aliphatic carbocycles. The Morgan fingerprint density at radius 2 is 2.17 bits per heavy atom. The van der Waals surface area contributed by atoms with Crippen molar-refractivity contribution in [1.82, 2.24) is 0 Å². The summed E-state index contributed by atoms with van der Waals surface area (Å²) in [5.74, 6) is 0. The van der Waals surface area contributed by atoms with Crippen LogP contribution in [-0.4, -0.2) is 46.5 Å². The van der Waals surface area contributed by atoms with Gasteiger partial charge >= 0.3 is 0 Å². The second kappa shape index (κ2) is 5.50. The molecule has 0 amide bonds. The Morgan fingerprint density at radius 3 is 2.50 bits per heavy atom. The van der Waals surface area contributed by atoms with Gasteiger partial charge in [0.15, 0.2) is 0 Å². The number of hydrogen-bond donors (Lipinski definition) is 3. The summed E-state index contributed by atoms with van der Waals surface area (Å²) in [7, 11) is 0. The third-order valence-electron chi connectivity index (χ3n) is 1.26. The van der Waals surface area contributed by atoms with Gasteiger partial charge in [0.1, 0.15) is 18.4 Å². The lowest BCUT2D eigenvalue weighted by Crippen LogP contribution is -2.39. The second-order valence-corrected chi connectivity index (χ2v) is 2.07.